The maximum absolute atomic E-state index is 5.64. The number of unbranched alkanes of at least 4 members (excludes halogenated alkanes) is 1. The van der Waals surface area contributed by atoms with Crippen LogP contribution in [-0.2, 0) is 0 Å². The van der Waals surface area contributed by atoms with Crippen LogP contribution in [0.4, 0.5) is 0 Å². The van der Waals surface area contributed by atoms with Crippen LogP contribution < -0.4 is 5.73 Å². The zero-order valence-corrected chi connectivity index (χ0v) is 13.5. The highest BCUT2D eigenvalue weighted by Crippen LogP contribution is 2.49. The molecular weight excluding hydrogens is 237 g/mol. The summed E-state index contributed by atoms with van der Waals surface area (Å²) in [6, 6.07) is 0. The largest absolute Gasteiger partial charge is 0.330 e. The van der Waals surface area contributed by atoms with Crippen molar-refractivity contribution in [1.82, 2.24) is 0 Å². The Morgan fingerprint density at radius 2 is 2.00 bits per heavy atom. The monoisotopic (exact) mass is 267 g/mol. The average Bonchev–Trinajstić information content (AvgIpc) is 2.68. The highest BCUT2D eigenvalue weighted by atomic mass is 32.2. The highest BCUT2D eigenvalue weighted by Gasteiger charge is 2.34. The van der Waals surface area contributed by atoms with Crippen LogP contribution in [0.1, 0.15) is 52.9 Å². The number of nitrogens with two attached hydrogens (primary N) is 1. The van der Waals surface area contributed by atoms with E-state index in [9.17, 15) is 0 Å². The predicted octanol–water partition coefficient (Wildman–Crippen LogP) is 3.61. The molecule has 0 radical (unpaired) electrons. The third kappa shape index (κ3) is 4.06. The lowest BCUT2D eigenvalue weighted by atomic mass is 9.81. The SMILES string of the molecule is BCCC1SC(CC)=C(C(C)C)C1CCCCN. The molecule has 2 atom stereocenters. The minimum atomic E-state index is 0.720. The molecule has 0 saturated carbocycles. The van der Waals surface area contributed by atoms with E-state index in [-0.39, 0.29) is 0 Å². The Hall–Kier alpha value is 0.115. The van der Waals surface area contributed by atoms with Gasteiger partial charge in [0.25, 0.3) is 0 Å². The van der Waals surface area contributed by atoms with Gasteiger partial charge in [-0.15, -0.1) is 11.8 Å². The zero-order valence-electron chi connectivity index (χ0n) is 12.7. The topological polar surface area (TPSA) is 26.0 Å². The van der Waals surface area contributed by atoms with Crippen LogP contribution >= 0.6 is 11.8 Å². The number of allylic oxidation sites excluding steroid dienone is 2. The van der Waals surface area contributed by atoms with Crippen LogP contribution in [0, 0.1) is 11.8 Å². The number of rotatable bonds is 8. The summed E-state index contributed by atoms with van der Waals surface area (Å²) in [7, 11) is 2.32. The molecule has 1 heterocycles. The summed E-state index contributed by atoms with van der Waals surface area (Å²) >= 11 is 2.19. The van der Waals surface area contributed by atoms with Crippen LogP contribution in [0.15, 0.2) is 10.5 Å². The van der Waals surface area contributed by atoms with E-state index < -0.39 is 0 Å². The summed E-state index contributed by atoms with van der Waals surface area (Å²) in [4.78, 5) is 1.70. The van der Waals surface area contributed by atoms with Crippen LogP contribution in [0.25, 0.3) is 0 Å². The van der Waals surface area contributed by atoms with Gasteiger partial charge in [-0.25, -0.2) is 0 Å². The Labute approximate surface area is 119 Å². The summed E-state index contributed by atoms with van der Waals surface area (Å²) in [5, 5.41) is 0.847. The fraction of sp³-hybridized carbons (Fsp3) is 0.867. The van der Waals surface area contributed by atoms with Gasteiger partial charge in [-0.3, -0.25) is 0 Å². The first-order valence-corrected chi connectivity index (χ1v) is 8.63. The Morgan fingerprint density at radius 3 is 2.50 bits per heavy atom. The second-order valence-electron chi connectivity index (χ2n) is 5.72. The quantitative estimate of drug-likeness (QED) is 0.537. The molecule has 1 rings (SSSR count). The lowest BCUT2D eigenvalue weighted by Gasteiger charge is -2.24. The lowest BCUT2D eigenvalue weighted by Crippen LogP contribution is -2.18. The van der Waals surface area contributed by atoms with Crippen LogP contribution in [0.2, 0.25) is 6.32 Å². The molecular formula is C15H30BNS. The maximum atomic E-state index is 5.64. The molecule has 0 bridgehead atoms. The van der Waals surface area contributed by atoms with Crippen molar-refractivity contribution in [2.75, 3.05) is 6.54 Å². The van der Waals surface area contributed by atoms with Gasteiger partial charge in [-0.1, -0.05) is 39.1 Å². The van der Waals surface area contributed by atoms with Crippen molar-refractivity contribution in [2.24, 2.45) is 17.6 Å². The van der Waals surface area contributed by atoms with Crippen molar-refractivity contribution in [3.8, 4) is 0 Å². The lowest BCUT2D eigenvalue weighted by molar-refractivity contribution is 0.466. The second-order valence-corrected chi connectivity index (χ2v) is 7.06. The predicted molar refractivity (Wildman–Crippen MR) is 87.9 cm³/mol. The van der Waals surface area contributed by atoms with E-state index in [1.807, 2.05) is 0 Å². The molecule has 0 aliphatic carbocycles. The molecule has 104 valence electrons. The summed E-state index contributed by atoms with van der Waals surface area (Å²) < 4.78 is 0. The number of hydrogen-bond donors (Lipinski definition) is 1. The minimum Gasteiger partial charge on any atom is -0.330 e. The molecule has 2 N–H and O–H groups in total. The van der Waals surface area contributed by atoms with Crippen LogP contribution in [0.3, 0.4) is 0 Å². The molecule has 0 aromatic carbocycles. The fourth-order valence-electron chi connectivity index (χ4n) is 3.17. The Bertz CT molecular complexity index is 276. The molecule has 0 aromatic heterocycles. The Kier molecular flexibility index (Phi) is 7.47. The molecule has 1 aliphatic heterocycles. The summed E-state index contributed by atoms with van der Waals surface area (Å²) in [6.07, 6.45) is 7.75. The summed E-state index contributed by atoms with van der Waals surface area (Å²) in [5.74, 6) is 1.55. The molecule has 0 saturated heterocycles. The van der Waals surface area contributed by atoms with E-state index in [2.05, 4.69) is 40.4 Å². The number of thioether (sulfide) groups is 1. The molecule has 18 heavy (non-hydrogen) atoms. The molecule has 1 aliphatic rings. The third-order valence-corrected chi connectivity index (χ3v) is 5.63. The minimum absolute atomic E-state index is 0.720. The normalized spacial score (nSPS) is 24.3. The fourth-order valence-corrected chi connectivity index (χ4v) is 5.03. The van der Waals surface area contributed by atoms with Gasteiger partial charge >= 0.3 is 0 Å². The standard InChI is InChI=1S/C15H30BNS/c1-4-13-15(11(2)3)12(7-5-6-10-17)14(18-13)8-9-16/h11-12,14H,4-10,16-17H2,1-3H3. The first kappa shape index (κ1) is 16.2. The van der Waals surface area contributed by atoms with E-state index in [1.165, 1.54) is 38.4 Å². The molecule has 2 unspecified atom stereocenters. The molecule has 0 fully saturated rings. The maximum Gasteiger partial charge on any atom is 0.101 e. The molecule has 0 spiro atoms. The summed E-state index contributed by atoms with van der Waals surface area (Å²) in [5.41, 5.74) is 7.41. The van der Waals surface area contributed by atoms with Crippen molar-refractivity contribution in [1.29, 1.82) is 0 Å². The molecule has 0 aromatic rings. The van der Waals surface area contributed by atoms with Gasteiger partial charge in [0.2, 0.25) is 0 Å². The second kappa shape index (κ2) is 8.32. The third-order valence-electron chi connectivity index (χ3n) is 3.95. The smallest absolute Gasteiger partial charge is 0.101 e. The van der Waals surface area contributed by atoms with E-state index in [1.54, 1.807) is 10.5 Å². The van der Waals surface area contributed by atoms with Gasteiger partial charge in [-0.05, 0) is 49.0 Å². The Morgan fingerprint density at radius 1 is 1.28 bits per heavy atom. The van der Waals surface area contributed by atoms with Gasteiger partial charge in [0, 0.05) is 5.25 Å². The number of hydrogen-bond acceptors (Lipinski definition) is 2. The van der Waals surface area contributed by atoms with Gasteiger partial charge < -0.3 is 5.73 Å². The van der Waals surface area contributed by atoms with E-state index in [0.29, 0.717) is 0 Å². The molecule has 3 heteroatoms. The van der Waals surface area contributed by atoms with Gasteiger partial charge in [0.05, 0.1) is 0 Å². The van der Waals surface area contributed by atoms with E-state index >= 15 is 0 Å². The van der Waals surface area contributed by atoms with E-state index in [4.69, 9.17) is 5.73 Å². The van der Waals surface area contributed by atoms with Crippen molar-refractivity contribution in [3.05, 3.63) is 10.5 Å². The zero-order chi connectivity index (χ0) is 13.5. The molecule has 1 nitrogen and oxygen atoms in total. The van der Waals surface area contributed by atoms with Crippen LogP contribution in [-0.4, -0.2) is 19.6 Å². The van der Waals surface area contributed by atoms with Gasteiger partial charge in [-0.2, -0.15) is 0 Å². The highest BCUT2D eigenvalue weighted by molar-refractivity contribution is 8.04. The average molecular weight is 267 g/mol. The first-order valence-electron chi connectivity index (χ1n) is 7.75. The van der Waals surface area contributed by atoms with Crippen molar-refractivity contribution >= 4 is 19.6 Å². The summed E-state index contributed by atoms with van der Waals surface area (Å²) in [6.45, 7) is 7.90. The first-order chi connectivity index (χ1) is 8.65. The van der Waals surface area contributed by atoms with Crippen molar-refractivity contribution in [2.45, 2.75) is 64.4 Å². The molecule has 0 amide bonds. The Balaban J connectivity index is 2.76. The van der Waals surface area contributed by atoms with Crippen LogP contribution in [0.5, 0.6) is 0 Å². The van der Waals surface area contributed by atoms with E-state index in [0.717, 1.165) is 23.6 Å². The van der Waals surface area contributed by atoms with Gasteiger partial charge in [0.15, 0.2) is 0 Å². The van der Waals surface area contributed by atoms with Gasteiger partial charge in [0.1, 0.15) is 7.85 Å². The van der Waals surface area contributed by atoms with Crippen molar-refractivity contribution in [3.63, 3.8) is 0 Å². The van der Waals surface area contributed by atoms with Crippen molar-refractivity contribution < 1.29 is 0 Å².